The summed E-state index contributed by atoms with van der Waals surface area (Å²) in [5.41, 5.74) is -0.176. The maximum Gasteiger partial charge on any atom is 0.349 e. The molecule has 1 aromatic heterocycles. The SMILES string of the molecule is O=C(NCC1CCCC1O)c1cc2ccccc2oc1=O. The molecule has 2 unspecified atom stereocenters. The van der Waals surface area contributed by atoms with Crippen molar-refractivity contribution in [1.82, 2.24) is 5.32 Å². The number of carbonyl (C=O) groups is 1. The van der Waals surface area contributed by atoms with Gasteiger partial charge in [-0.05, 0) is 25.0 Å². The number of carbonyl (C=O) groups excluding carboxylic acids is 1. The molecule has 1 fully saturated rings. The van der Waals surface area contributed by atoms with Crippen LogP contribution in [0, 0.1) is 5.92 Å². The number of nitrogens with one attached hydrogen (secondary N) is 1. The van der Waals surface area contributed by atoms with Crippen LogP contribution in [0.4, 0.5) is 0 Å². The molecule has 1 saturated carbocycles. The van der Waals surface area contributed by atoms with E-state index in [-0.39, 0.29) is 17.6 Å². The zero-order valence-electron chi connectivity index (χ0n) is 11.5. The summed E-state index contributed by atoms with van der Waals surface area (Å²) in [4.78, 5) is 24.0. The Kier molecular flexibility index (Phi) is 3.75. The Balaban J connectivity index is 1.78. The van der Waals surface area contributed by atoms with Gasteiger partial charge in [0.25, 0.3) is 5.91 Å². The molecule has 0 radical (unpaired) electrons. The quantitative estimate of drug-likeness (QED) is 0.842. The number of rotatable bonds is 3. The summed E-state index contributed by atoms with van der Waals surface area (Å²) in [6.07, 6.45) is 2.28. The van der Waals surface area contributed by atoms with E-state index in [0.717, 1.165) is 19.3 Å². The summed E-state index contributed by atoms with van der Waals surface area (Å²) < 4.78 is 5.14. The highest BCUT2D eigenvalue weighted by Crippen LogP contribution is 2.24. The van der Waals surface area contributed by atoms with E-state index in [1.807, 2.05) is 6.07 Å². The highest BCUT2D eigenvalue weighted by Gasteiger charge is 2.26. The number of hydrogen-bond acceptors (Lipinski definition) is 4. The summed E-state index contributed by atoms with van der Waals surface area (Å²) in [5, 5.41) is 13.2. The Hall–Kier alpha value is -2.14. The molecule has 2 atom stereocenters. The molecule has 5 nitrogen and oxygen atoms in total. The largest absolute Gasteiger partial charge is 0.422 e. The van der Waals surface area contributed by atoms with Crippen molar-refractivity contribution in [3.05, 3.63) is 46.3 Å². The van der Waals surface area contributed by atoms with Gasteiger partial charge in [-0.15, -0.1) is 0 Å². The molecule has 2 N–H and O–H groups in total. The van der Waals surface area contributed by atoms with Gasteiger partial charge in [-0.2, -0.15) is 0 Å². The van der Waals surface area contributed by atoms with Crippen LogP contribution in [-0.4, -0.2) is 23.7 Å². The second-order valence-electron chi connectivity index (χ2n) is 5.45. The van der Waals surface area contributed by atoms with E-state index in [2.05, 4.69) is 5.32 Å². The molecule has 1 aliphatic rings. The van der Waals surface area contributed by atoms with Gasteiger partial charge >= 0.3 is 5.63 Å². The lowest BCUT2D eigenvalue weighted by molar-refractivity contribution is 0.0913. The van der Waals surface area contributed by atoms with E-state index < -0.39 is 11.5 Å². The van der Waals surface area contributed by atoms with E-state index in [9.17, 15) is 14.7 Å². The minimum atomic E-state index is -0.641. The fourth-order valence-electron chi connectivity index (χ4n) is 2.79. The zero-order chi connectivity index (χ0) is 14.8. The van der Waals surface area contributed by atoms with E-state index in [0.29, 0.717) is 17.5 Å². The molecule has 0 aliphatic heterocycles. The van der Waals surface area contributed by atoms with Gasteiger partial charge in [0.15, 0.2) is 0 Å². The lowest BCUT2D eigenvalue weighted by Crippen LogP contribution is -2.34. The normalized spacial score (nSPS) is 21.6. The minimum Gasteiger partial charge on any atom is -0.422 e. The van der Waals surface area contributed by atoms with Crippen LogP contribution in [0.5, 0.6) is 0 Å². The zero-order valence-corrected chi connectivity index (χ0v) is 11.5. The summed E-state index contributed by atoms with van der Waals surface area (Å²) >= 11 is 0. The van der Waals surface area contributed by atoms with Gasteiger partial charge in [0, 0.05) is 17.8 Å². The lowest BCUT2D eigenvalue weighted by atomic mass is 10.1. The second-order valence-corrected chi connectivity index (χ2v) is 5.45. The average Bonchev–Trinajstić information content (AvgIpc) is 2.89. The summed E-state index contributed by atoms with van der Waals surface area (Å²) in [6.45, 7) is 0.381. The molecule has 1 amide bonds. The molecule has 110 valence electrons. The topological polar surface area (TPSA) is 79.5 Å². The Bertz CT molecular complexity index is 722. The summed E-state index contributed by atoms with van der Waals surface area (Å²) in [5.74, 6) is -0.380. The van der Waals surface area contributed by atoms with Crippen molar-refractivity contribution in [3.8, 4) is 0 Å². The molecule has 0 saturated heterocycles. The van der Waals surface area contributed by atoms with E-state index in [1.165, 1.54) is 0 Å². The second kappa shape index (κ2) is 5.69. The van der Waals surface area contributed by atoms with Gasteiger partial charge in [-0.3, -0.25) is 4.79 Å². The molecule has 0 bridgehead atoms. The average molecular weight is 287 g/mol. The molecular formula is C16H17NO4. The Morgan fingerprint density at radius 2 is 2.14 bits per heavy atom. The van der Waals surface area contributed by atoms with Gasteiger partial charge in [-0.1, -0.05) is 24.6 Å². The first-order valence-electron chi connectivity index (χ1n) is 7.14. The first kappa shape index (κ1) is 13.8. The molecule has 0 spiro atoms. The Morgan fingerprint density at radius 3 is 2.90 bits per heavy atom. The van der Waals surface area contributed by atoms with Crippen LogP contribution in [0.1, 0.15) is 29.6 Å². The Morgan fingerprint density at radius 1 is 1.33 bits per heavy atom. The van der Waals surface area contributed by atoms with Crippen LogP contribution in [0.25, 0.3) is 11.0 Å². The van der Waals surface area contributed by atoms with E-state index in [1.54, 1.807) is 24.3 Å². The molecule has 3 rings (SSSR count). The molecule has 1 aromatic carbocycles. The summed E-state index contributed by atoms with van der Waals surface area (Å²) in [6, 6.07) is 8.61. The fourth-order valence-corrected chi connectivity index (χ4v) is 2.79. The number of fused-ring (bicyclic) bond motifs is 1. The number of aliphatic hydroxyl groups excluding tert-OH is 1. The number of hydrogen-bond donors (Lipinski definition) is 2. The molecular weight excluding hydrogens is 270 g/mol. The van der Waals surface area contributed by atoms with Crippen molar-refractivity contribution in [2.45, 2.75) is 25.4 Å². The number of amides is 1. The van der Waals surface area contributed by atoms with Crippen LogP contribution in [0.3, 0.4) is 0 Å². The first-order chi connectivity index (χ1) is 10.1. The van der Waals surface area contributed by atoms with Crippen LogP contribution in [0.2, 0.25) is 0 Å². The highest BCUT2D eigenvalue weighted by molar-refractivity contribution is 5.96. The number of aliphatic hydroxyl groups is 1. The van der Waals surface area contributed by atoms with E-state index in [4.69, 9.17) is 4.42 Å². The smallest absolute Gasteiger partial charge is 0.349 e. The van der Waals surface area contributed by atoms with Crippen molar-refractivity contribution in [3.63, 3.8) is 0 Å². The van der Waals surface area contributed by atoms with Crippen LogP contribution in [0.15, 0.2) is 39.5 Å². The summed E-state index contributed by atoms with van der Waals surface area (Å²) in [7, 11) is 0. The first-order valence-corrected chi connectivity index (χ1v) is 7.14. The molecule has 1 aliphatic carbocycles. The minimum absolute atomic E-state index is 0.00110. The molecule has 5 heteroatoms. The van der Waals surface area contributed by atoms with Crippen LogP contribution in [-0.2, 0) is 0 Å². The third kappa shape index (κ3) is 2.83. The fraction of sp³-hybridized carbons (Fsp3) is 0.375. The third-order valence-corrected chi connectivity index (χ3v) is 4.03. The van der Waals surface area contributed by atoms with E-state index >= 15 is 0 Å². The van der Waals surface area contributed by atoms with Crippen molar-refractivity contribution < 1.29 is 14.3 Å². The van der Waals surface area contributed by atoms with Crippen molar-refractivity contribution in [2.24, 2.45) is 5.92 Å². The third-order valence-electron chi connectivity index (χ3n) is 4.03. The Labute approximate surface area is 121 Å². The lowest BCUT2D eigenvalue weighted by Gasteiger charge is -2.14. The van der Waals surface area contributed by atoms with Crippen molar-refractivity contribution in [2.75, 3.05) is 6.54 Å². The van der Waals surface area contributed by atoms with Gasteiger partial charge < -0.3 is 14.8 Å². The predicted octanol–water partition coefficient (Wildman–Crippen LogP) is 1.68. The van der Waals surface area contributed by atoms with Gasteiger partial charge in [0.1, 0.15) is 11.1 Å². The van der Waals surface area contributed by atoms with Crippen LogP contribution >= 0.6 is 0 Å². The molecule has 2 aromatic rings. The number of benzene rings is 1. The monoisotopic (exact) mass is 287 g/mol. The van der Waals surface area contributed by atoms with Gasteiger partial charge in [0.05, 0.1) is 6.10 Å². The molecule has 21 heavy (non-hydrogen) atoms. The highest BCUT2D eigenvalue weighted by atomic mass is 16.4. The van der Waals surface area contributed by atoms with Crippen molar-refractivity contribution in [1.29, 1.82) is 0 Å². The standard InChI is InChI=1S/C16H17NO4/c18-13-6-3-5-11(13)9-17-15(19)12-8-10-4-1-2-7-14(10)21-16(12)20/h1-2,4,7-8,11,13,18H,3,5-6,9H2,(H,17,19). The van der Waals surface area contributed by atoms with Crippen molar-refractivity contribution >= 4 is 16.9 Å². The maximum absolute atomic E-state index is 12.1. The predicted molar refractivity (Wildman–Crippen MR) is 78.2 cm³/mol. The maximum atomic E-state index is 12.1. The van der Waals surface area contributed by atoms with Gasteiger partial charge in [0.2, 0.25) is 0 Å². The molecule has 1 heterocycles. The van der Waals surface area contributed by atoms with Crippen LogP contribution < -0.4 is 10.9 Å². The number of para-hydroxylation sites is 1. The van der Waals surface area contributed by atoms with Gasteiger partial charge in [-0.25, -0.2) is 4.79 Å².